The molecule has 0 aliphatic heterocycles. The molecule has 0 N–H and O–H groups in total. The van der Waals surface area contributed by atoms with E-state index < -0.39 is 0 Å². The van der Waals surface area contributed by atoms with Gasteiger partial charge >= 0.3 is 0 Å². The van der Waals surface area contributed by atoms with Crippen molar-refractivity contribution in [2.24, 2.45) is 0 Å². The van der Waals surface area contributed by atoms with Crippen LogP contribution in [-0.2, 0) is 0 Å². The molecule has 0 spiro atoms. The second-order valence-electron chi connectivity index (χ2n) is 7.57. The van der Waals surface area contributed by atoms with Gasteiger partial charge in [-0.3, -0.25) is 0 Å². The van der Waals surface area contributed by atoms with Crippen LogP contribution in [0, 0.1) is 0 Å². The largest absolute Gasteiger partial charge is 0.494 e. The number of rotatable bonds is 12. The third kappa shape index (κ3) is 5.18. The van der Waals surface area contributed by atoms with Gasteiger partial charge in [0.25, 0.3) is 0 Å². The zero-order valence-electron chi connectivity index (χ0n) is 19.8. The first-order valence-corrected chi connectivity index (χ1v) is 11.4. The van der Waals surface area contributed by atoms with Crippen molar-refractivity contribution < 1.29 is 18.6 Å². The van der Waals surface area contributed by atoms with E-state index in [0.717, 1.165) is 60.5 Å². The van der Waals surface area contributed by atoms with Crippen LogP contribution in [0.15, 0.2) is 34.7 Å². The van der Waals surface area contributed by atoms with Gasteiger partial charge in [-0.25, -0.2) is 4.98 Å². The molecule has 172 valence electrons. The fourth-order valence-electron chi connectivity index (χ4n) is 3.74. The number of methoxy groups -OCH3 is 2. The lowest BCUT2D eigenvalue weighted by Crippen LogP contribution is -2.26. The second-order valence-corrected chi connectivity index (χ2v) is 7.57. The van der Waals surface area contributed by atoms with Crippen LogP contribution >= 0.6 is 0 Å². The molecule has 0 bridgehead atoms. The molecule has 1 aromatic heterocycles. The number of anilines is 1. The quantitative estimate of drug-likeness (QED) is 0.325. The van der Waals surface area contributed by atoms with Crippen molar-refractivity contribution >= 4 is 28.9 Å². The number of oxazole rings is 1. The maximum absolute atomic E-state index is 6.19. The molecule has 6 nitrogen and oxygen atoms in total. The van der Waals surface area contributed by atoms with Crippen molar-refractivity contribution in [1.29, 1.82) is 0 Å². The number of fused-ring (bicyclic) bond motifs is 1. The highest BCUT2D eigenvalue weighted by molar-refractivity contribution is 5.83. The smallest absolute Gasteiger partial charge is 0.220 e. The lowest BCUT2D eigenvalue weighted by molar-refractivity contribution is 0.292. The van der Waals surface area contributed by atoms with E-state index in [1.54, 1.807) is 14.2 Å². The molecule has 0 fully saturated rings. The summed E-state index contributed by atoms with van der Waals surface area (Å²) < 4.78 is 23.8. The first-order chi connectivity index (χ1) is 15.7. The number of benzene rings is 2. The van der Waals surface area contributed by atoms with Crippen LogP contribution in [0.4, 0.5) is 5.69 Å². The molecule has 3 rings (SSSR count). The molecule has 3 aromatic rings. The number of ether oxygens (including phenoxy) is 3. The summed E-state index contributed by atoms with van der Waals surface area (Å²) in [6, 6.07) is 9.72. The molecule has 0 radical (unpaired) electrons. The fraction of sp³-hybridized carbons (Fsp3) is 0.423. The Kier molecular flexibility index (Phi) is 8.42. The molecule has 0 amide bonds. The van der Waals surface area contributed by atoms with E-state index in [-0.39, 0.29) is 0 Å². The van der Waals surface area contributed by atoms with Crippen molar-refractivity contribution in [3.05, 3.63) is 41.8 Å². The summed E-state index contributed by atoms with van der Waals surface area (Å²) in [5.74, 6) is 2.68. The molecule has 0 aliphatic rings. The van der Waals surface area contributed by atoms with Gasteiger partial charge in [-0.1, -0.05) is 32.9 Å². The summed E-state index contributed by atoms with van der Waals surface area (Å²) in [4.78, 5) is 6.84. The number of hydrogen-bond donors (Lipinski definition) is 0. The standard InChI is InChI=1S/C26H34N2O4/c1-6-15-28(16-7-2)24-22(29-4)18-19(25(26(24)30-5)31-17-8-3)13-14-23-27-20-11-9-10-12-21(20)32-23/h9-14,18H,6-8,15-17H2,1-5H3. The van der Waals surface area contributed by atoms with Gasteiger partial charge in [-0.2, -0.15) is 0 Å². The average Bonchev–Trinajstić information content (AvgIpc) is 3.23. The topological polar surface area (TPSA) is 57.0 Å². The lowest BCUT2D eigenvalue weighted by atomic mass is 10.1. The van der Waals surface area contributed by atoms with Crippen LogP contribution in [-0.4, -0.2) is 38.9 Å². The number of nitrogens with zero attached hydrogens (tertiary/aromatic N) is 2. The van der Waals surface area contributed by atoms with Crippen LogP contribution in [0.2, 0.25) is 0 Å². The predicted molar refractivity (Wildman–Crippen MR) is 131 cm³/mol. The molecule has 0 atom stereocenters. The van der Waals surface area contributed by atoms with Gasteiger partial charge in [0.2, 0.25) is 5.89 Å². The summed E-state index contributed by atoms with van der Waals surface area (Å²) in [6.45, 7) is 8.84. The van der Waals surface area contributed by atoms with Gasteiger partial charge in [-0.05, 0) is 43.5 Å². The Morgan fingerprint density at radius 2 is 1.69 bits per heavy atom. The van der Waals surface area contributed by atoms with Gasteiger partial charge < -0.3 is 23.5 Å². The SMILES string of the molecule is CCCOc1c(C=Cc2nc3ccccc3o2)cc(OC)c(N(CCC)CCC)c1OC. The second kappa shape index (κ2) is 11.5. The van der Waals surface area contributed by atoms with Gasteiger partial charge in [0, 0.05) is 24.7 Å². The summed E-state index contributed by atoms with van der Waals surface area (Å²) in [5, 5.41) is 0. The molecule has 2 aromatic carbocycles. The summed E-state index contributed by atoms with van der Waals surface area (Å²) in [6.07, 6.45) is 6.73. The minimum atomic E-state index is 0.535. The Hall–Kier alpha value is -3.15. The van der Waals surface area contributed by atoms with E-state index >= 15 is 0 Å². The number of hydrogen-bond acceptors (Lipinski definition) is 6. The molecule has 0 aliphatic carbocycles. The highest BCUT2D eigenvalue weighted by Gasteiger charge is 2.24. The fourth-order valence-corrected chi connectivity index (χ4v) is 3.74. The highest BCUT2D eigenvalue weighted by atomic mass is 16.5. The normalized spacial score (nSPS) is 11.3. The van der Waals surface area contributed by atoms with Crippen LogP contribution in [0.3, 0.4) is 0 Å². The minimum absolute atomic E-state index is 0.535. The molecule has 6 heteroatoms. The summed E-state index contributed by atoms with van der Waals surface area (Å²) in [7, 11) is 3.37. The molecular weight excluding hydrogens is 404 g/mol. The molecular formula is C26H34N2O4. The van der Waals surface area contributed by atoms with Crippen molar-refractivity contribution in [3.8, 4) is 17.2 Å². The van der Waals surface area contributed by atoms with Crippen molar-refractivity contribution in [3.63, 3.8) is 0 Å². The van der Waals surface area contributed by atoms with Gasteiger partial charge in [0.15, 0.2) is 17.1 Å². The van der Waals surface area contributed by atoms with Crippen molar-refractivity contribution in [2.45, 2.75) is 40.0 Å². The number of aromatic nitrogens is 1. The molecule has 32 heavy (non-hydrogen) atoms. The third-order valence-electron chi connectivity index (χ3n) is 5.10. The summed E-state index contributed by atoms with van der Waals surface area (Å²) in [5.41, 5.74) is 3.37. The molecule has 0 saturated carbocycles. The van der Waals surface area contributed by atoms with E-state index in [0.29, 0.717) is 24.0 Å². The highest BCUT2D eigenvalue weighted by Crippen LogP contribution is 2.48. The zero-order chi connectivity index (χ0) is 22.9. The van der Waals surface area contributed by atoms with E-state index in [2.05, 4.69) is 30.7 Å². The monoisotopic (exact) mass is 438 g/mol. The zero-order valence-corrected chi connectivity index (χ0v) is 19.8. The van der Waals surface area contributed by atoms with E-state index in [1.807, 2.05) is 42.5 Å². The van der Waals surface area contributed by atoms with Crippen LogP contribution in [0.5, 0.6) is 17.2 Å². The van der Waals surface area contributed by atoms with Gasteiger partial charge in [0.05, 0.1) is 20.8 Å². The van der Waals surface area contributed by atoms with Gasteiger partial charge in [0.1, 0.15) is 17.0 Å². The first kappa shape index (κ1) is 23.5. The number of para-hydroxylation sites is 2. The Morgan fingerprint density at radius 3 is 2.31 bits per heavy atom. The maximum atomic E-state index is 6.19. The summed E-state index contributed by atoms with van der Waals surface area (Å²) >= 11 is 0. The molecule has 0 unspecified atom stereocenters. The Labute approximate surface area is 190 Å². The lowest BCUT2D eigenvalue weighted by Gasteiger charge is -2.29. The maximum Gasteiger partial charge on any atom is 0.220 e. The minimum Gasteiger partial charge on any atom is -0.494 e. The average molecular weight is 439 g/mol. The third-order valence-corrected chi connectivity index (χ3v) is 5.10. The van der Waals surface area contributed by atoms with E-state index in [4.69, 9.17) is 18.6 Å². The van der Waals surface area contributed by atoms with Crippen molar-refractivity contribution in [2.75, 3.05) is 38.8 Å². The Balaban J connectivity index is 2.11. The molecule has 0 saturated heterocycles. The van der Waals surface area contributed by atoms with E-state index in [9.17, 15) is 0 Å². The van der Waals surface area contributed by atoms with Crippen LogP contribution in [0.1, 0.15) is 51.5 Å². The van der Waals surface area contributed by atoms with E-state index in [1.165, 1.54) is 0 Å². The molecule has 1 heterocycles. The predicted octanol–water partition coefficient (Wildman–Crippen LogP) is 6.43. The van der Waals surface area contributed by atoms with Crippen LogP contribution < -0.4 is 19.1 Å². The van der Waals surface area contributed by atoms with Crippen molar-refractivity contribution in [1.82, 2.24) is 4.98 Å². The first-order valence-electron chi connectivity index (χ1n) is 11.4. The Morgan fingerprint density at radius 1 is 0.938 bits per heavy atom. The Bertz CT molecular complexity index is 1000. The van der Waals surface area contributed by atoms with Gasteiger partial charge in [-0.15, -0.1) is 0 Å². The van der Waals surface area contributed by atoms with Crippen LogP contribution in [0.25, 0.3) is 23.3 Å².